The fourth-order valence-electron chi connectivity index (χ4n) is 6.30. The van der Waals surface area contributed by atoms with E-state index in [4.69, 9.17) is 30.8 Å². The third-order valence-electron chi connectivity index (χ3n) is 9.14. The molecule has 0 bridgehead atoms. The van der Waals surface area contributed by atoms with Gasteiger partial charge in [-0.1, -0.05) is 37.1 Å². The van der Waals surface area contributed by atoms with Crippen LogP contribution in [0.1, 0.15) is 51.0 Å². The fraction of sp³-hybridized carbons (Fsp3) is 0.486. The number of fused-ring (bicyclic) bond motifs is 1. The van der Waals surface area contributed by atoms with Gasteiger partial charge in [-0.3, -0.25) is 0 Å². The molecule has 2 aliphatic heterocycles. The Hall–Kier alpha value is -3.26. The summed E-state index contributed by atoms with van der Waals surface area (Å²) in [6.07, 6.45) is 7.49. The van der Waals surface area contributed by atoms with E-state index >= 15 is 0 Å². The molecular weight excluding hydrogens is 584 g/mol. The van der Waals surface area contributed by atoms with Crippen molar-refractivity contribution in [3.8, 4) is 28.6 Å². The minimum atomic E-state index is 0.177. The lowest BCUT2D eigenvalue weighted by Crippen LogP contribution is -2.36. The van der Waals surface area contributed by atoms with Crippen molar-refractivity contribution in [2.24, 2.45) is 0 Å². The lowest BCUT2D eigenvalue weighted by atomic mass is 10.1. The number of piperidine rings is 2. The number of rotatable bonds is 12. The maximum absolute atomic E-state index is 6.76. The number of ether oxygens (including phenoxy) is 3. The molecule has 3 heterocycles. The maximum Gasteiger partial charge on any atom is 0.151 e. The Kier molecular flexibility index (Phi) is 10.5. The van der Waals surface area contributed by atoms with Crippen molar-refractivity contribution >= 4 is 22.6 Å². The molecule has 45 heavy (non-hydrogen) atoms. The number of benzene rings is 3. The first-order chi connectivity index (χ1) is 21.9. The summed E-state index contributed by atoms with van der Waals surface area (Å²) >= 11 is 6.03. The number of unbranched alkanes of at least 4 members (excludes halogenated alkanes) is 1. The quantitative estimate of drug-likeness (QED) is 0.160. The second-order valence-corrected chi connectivity index (χ2v) is 13.2. The Morgan fingerprint density at radius 3 is 2.09 bits per heavy atom. The number of likely N-dealkylation sites (tertiary alicyclic amines) is 2. The lowest BCUT2D eigenvalue weighted by molar-refractivity contribution is 0.108. The van der Waals surface area contributed by atoms with Crippen molar-refractivity contribution in [1.29, 1.82) is 0 Å². The molecule has 1 aromatic heterocycles. The van der Waals surface area contributed by atoms with Gasteiger partial charge in [0.1, 0.15) is 35.0 Å². The van der Waals surface area contributed by atoms with Gasteiger partial charge < -0.3 is 28.6 Å². The highest BCUT2D eigenvalue weighted by Crippen LogP contribution is 2.37. The Morgan fingerprint density at radius 1 is 0.800 bits per heavy atom. The summed E-state index contributed by atoms with van der Waals surface area (Å²) in [6.45, 7) is 7.93. The molecule has 240 valence electrons. The third-order valence-corrected chi connectivity index (χ3v) is 9.39. The van der Waals surface area contributed by atoms with E-state index in [0.717, 1.165) is 122 Å². The SMILES string of the molecule is CCCCn1c(-c2ccc(OCCc3ccc(Cl)cc3)cc2)nc2c(OC3CCN(C)CC3)cc(OC3CCN(C)CC3)cc21. The average Bonchev–Trinajstić information content (AvgIpc) is 3.42. The van der Waals surface area contributed by atoms with Gasteiger partial charge in [0, 0.05) is 61.9 Å². The van der Waals surface area contributed by atoms with E-state index in [1.54, 1.807) is 0 Å². The third kappa shape index (κ3) is 8.13. The second kappa shape index (κ2) is 14.9. The van der Waals surface area contributed by atoms with Crippen molar-refractivity contribution in [2.45, 2.75) is 70.6 Å². The van der Waals surface area contributed by atoms with Crippen LogP contribution in [-0.4, -0.2) is 78.4 Å². The number of aryl methyl sites for hydroxylation is 1. The van der Waals surface area contributed by atoms with E-state index in [1.807, 2.05) is 36.4 Å². The highest BCUT2D eigenvalue weighted by Gasteiger charge is 2.24. The first-order valence-corrected chi connectivity index (χ1v) is 17.1. The number of nitrogens with zero attached hydrogens (tertiary/aromatic N) is 4. The van der Waals surface area contributed by atoms with Gasteiger partial charge in [-0.15, -0.1) is 0 Å². The number of imidazole rings is 1. The molecule has 8 heteroatoms. The van der Waals surface area contributed by atoms with Gasteiger partial charge in [0.2, 0.25) is 0 Å². The molecule has 0 aliphatic carbocycles. The molecule has 0 saturated carbocycles. The van der Waals surface area contributed by atoms with E-state index in [2.05, 4.69) is 59.7 Å². The van der Waals surface area contributed by atoms with Gasteiger partial charge in [0.05, 0.1) is 12.1 Å². The molecule has 3 aromatic carbocycles. The Bertz CT molecular complexity index is 1520. The first-order valence-electron chi connectivity index (χ1n) is 16.7. The molecule has 6 rings (SSSR count). The molecule has 2 saturated heterocycles. The summed E-state index contributed by atoms with van der Waals surface area (Å²) in [5.41, 5.74) is 4.27. The van der Waals surface area contributed by atoms with E-state index in [0.29, 0.717) is 6.61 Å². The molecule has 0 unspecified atom stereocenters. The van der Waals surface area contributed by atoms with Crippen molar-refractivity contribution < 1.29 is 14.2 Å². The monoisotopic (exact) mass is 630 g/mol. The van der Waals surface area contributed by atoms with Crippen LogP contribution >= 0.6 is 11.6 Å². The minimum absolute atomic E-state index is 0.177. The van der Waals surface area contributed by atoms with Crippen LogP contribution in [0, 0.1) is 0 Å². The largest absolute Gasteiger partial charge is 0.493 e. The van der Waals surface area contributed by atoms with Crippen LogP contribution in [0.25, 0.3) is 22.4 Å². The van der Waals surface area contributed by atoms with Crippen LogP contribution in [-0.2, 0) is 13.0 Å². The van der Waals surface area contributed by atoms with Gasteiger partial charge in [0.15, 0.2) is 5.75 Å². The van der Waals surface area contributed by atoms with Crippen LogP contribution in [0.5, 0.6) is 17.2 Å². The standard InChI is InChI=1S/C37H47ClN4O3/c1-4-5-19-42-34-25-33(44-31-14-20-40(2)21-15-31)26-35(45-32-16-22-41(3)23-17-32)36(34)39-37(42)28-8-12-30(13-9-28)43-24-18-27-6-10-29(38)11-7-27/h6-13,25-26,31-32H,4-5,14-24H2,1-3H3. The van der Waals surface area contributed by atoms with Crippen molar-refractivity contribution in [2.75, 3.05) is 46.9 Å². The summed E-state index contributed by atoms with van der Waals surface area (Å²) < 4.78 is 21.9. The molecule has 7 nitrogen and oxygen atoms in total. The van der Waals surface area contributed by atoms with Crippen molar-refractivity contribution in [3.63, 3.8) is 0 Å². The lowest BCUT2D eigenvalue weighted by Gasteiger charge is -2.30. The first kappa shape index (κ1) is 31.7. The van der Waals surface area contributed by atoms with Crippen LogP contribution < -0.4 is 14.2 Å². The van der Waals surface area contributed by atoms with Gasteiger partial charge in [-0.25, -0.2) is 4.98 Å². The molecule has 2 fully saturated rings. The van der Waals surface area contributed by atoms with E-state index < -0.39 is 0 Å². The second-order valence-electron chi connectivity index (χ2n) is 12.7. The molecule has 4 aromatic rings. The number of hydrogen-bond acceptors (Lipinski definition) is 6. The molecule has 0 radical (unpaired) electrons. The van der Waals surface area contributed by atoms with Gasteiger partial charge in [-0.2, -0.15) is 0 Å². The number of hydrogen-bond donors (Lipinski definition) is 0. The summed E-state index contributed by atoms with van der Waals surface area (Å²) in [6, 6.07) is 20.6. The van der Waals surface area contributed by atoms with E-state index in [9.17, 15) is 0 Å². The smallest absolute Gasteiger partial charge is 0.151 e. The zero-order chi connectivity index (χ0) is 31.2. The highest BCUT2D eigenvalue weighted by molar-refractivity contribution is 6.30. The normalized spacial score (nSPS) is 17.2. The molecule has 0 N–H and O–H groups in total. The van der Waals surface area contributed by atoms with Crippen LogP contribution in [0.4, 0.5) is 0 Å². The van der Waals surface area contributed by atoms with Crippen LogP contribution in [0.2, 0.25) is 5.02 Å². The Balaban J connectivity index is 1.28. The summed E-state index contributed by atoms with van der Waals surface area (Å²) in [4.78, 5) is 10.0. The fourth-order valence-corrected chi connectivity index (χ4v) is 6.43. The predicted octanol–water partition coefficient (Wildman–Crippen LogP) is 7.72. The van der Waals surface area contributed by atoms with Crippen molar-refractivity contribution in [1.82, 2.24) is 19.4 Å². The van der Waals surface area contributed by atoms with Crippen LogP contribution in [0.3, 0.4) is 0 Å². The summed E-state index contributed by atoms with van der Waals surface area (Å²) in [5, 5.41) is 0.752. The van der Waals surface area contributed by atoms with Gasteiger partial charge in [0.25, 0.3) is 0 Å². The minimum Gasteiger partial charge on any atom is -0.493 e. The molecule has 2 aliphatic rings. The van der Waals surface area contributed by atoms with Crippen LogP contribution in [0.15, 0.2) is 60.7 Å². The summed E-state index contributed by atoms with van der Waals surface area (Å²) in [5.74, 6) is 3.53. The maximum atomic E-state index is 6.76. The zero-order valence-corrected chi connectivity index (χ0v) is 27.8. The zero-order valence-electron chi connectivity index (χ0n) is 27.0. The Labute approximate surface area is 273 Å². The average molecular weight is 631 g/mol. The predicted molar refractivity (Wildman–Crippen MR) is 183 cm³/mol. The number of aromatic nitrogens is 2. The molecule has 0 atom stereocenters. The highest BCUT2D eigenvalue weighted by atomic mass is 35.5. The topological polar surface area (TPSA) is 52.0 Å². The van der Waals surface area contributed by atoms with Crippen molar-refractivity contribution in [3.05, 3.63) is 71.2 Å². The Morgan fingerprint density at radius 2 is 1.44 bits per heavy atom. The summed E-state index contributed by atoms with van der Waals surface area (Å²) in [7, 11) is 4.37. The van der Waals surface area contributed by atoms with E-state index in [-0.39, 0.29) is 12.2 Å². The molecular formula is C37H47ClN4O3. The molecule has 0 amide bonds. The molecule has 0 spiro atoms. The van der Waals surface area contributed by atoms with E-state index in [1.165, 1.54) is 5.56 Å². The van der Waals surface area contributed by atoms with Gasteiger partial charge in [-0.05, 0) is 88.2 Å². The van der Waals surface area contributed by atoms with Gasteiger partial charge >= 0.3 is 0 Å². The number of halogens is 1.